The number of carboxylic acids is 2. The van der Waals surface area contributed by atoms with Gasteiger partial charge in [-0.1, -0.05) is 30.3 Å². The summed E-state index contributed by atoms with van der Waals surface area (Å²) in [6.45, 7) is 4.06. The number of aliphatic carboxylic acids is 2. The van der Waals surface area contributed by atoms with Gasteiger partial charge in [0.2, 0.25) is 0 Å². The van der Waals surface area contributed by atoms with Crippen molar-refractivity contribution in [3.05, 3.63) is 100 Å². The molecule has 0 unspecified atom stereocenters. The summed E-state index contributed by atoms with van der Waals surface area (Å²) in [6.07, 6.45) is 3.79. The van der Waals surface area contributed by atoms with E-state index in [1.807, 2.05) is 44.2 Å². The van der Waals surface area contributed by atoms with Gasteiger partial charge in [0, 0.05) is 68.5 Å². The van der Waals surface area contributed by atoms with Crippen molar-refractivity contribution in [3.63, 3.8) is 0 Å². The number of hydrogen-bond donors (Lipinski definition) is 4. The molecule has 0 aliphatic heterocycles. The SMILES string of the molecule is COC[C@H](CCc1cnc(C(=O)Nc2cccc(-c3cccc(CC(=O)c4cc(OC)c(CN[C@@H](COC)C(=O)O)cn4)c3C)c2C)cc1OC)C(=O)O. The Balaban J connectivity index is 1.50. The Morgan fingerprint density at radius 2 is 1.35 bits per heavy atom. The normalized spacial score (nSPS) is 12.1. The molecule has 14 heteroatoms. The lowest BCUT2D eigenvalue weighted by atomic mass is 9.91. The van der Waals surface area contributed by atoms with E-state index in [4.69, 9.17) is 18.9 Å². The third-order valence-corrected chi connectivity index (χ3v) is 9.16. The maximum Gasteiger partial charge on any atom is 0.323 e. The van der Waals surface area contributed by atoms with Crippen LogP contribution in [0.1, 0.15) is 55.2 Å². The molecule has 4 N–H and O–H groups in total. The molecule has 2 aromatic heterocycles. The molecule has 0 bridgehead atoms. The van der Waals surface area contributed by atoms with Crippen LogP contribution in [0, 0.1) is 19.8 Å². The van der Waals surface area contributed by atoms with Gasteiger partial charge in [-0.2, -0.15) is 0 Å². The summed E-state index contributed by atoms with van der Waals surface area (Å²) < 4.78 is 21.0. The van der Waals surface area contributed by atoms with Crippen LogP contribution in [0.25, 0.3) is 11.1 Å². The number of ketones is 1. The van der Waals surface area contributed by atoms with Gasteiger partial charge >= 0.3 is 11.9 Å². The summed E-state index contributed by atoms with van der Waals surface area (Å²) in [5.41, 5.74) is 6.45. The zero-order chi connectivity index (χ0) is 39.4. The molecule has 2 atom stereocenters. The lowest BCUT2D eigenvalue weighted by Gasteiger charge is -2.17. The maximum atomic E-state index is 13.5. The highest BCUT2D eigenvalue weighted by Gasteiger charge is 2.22. The summed E-state index contributed by atoms with van der Waals surface area (Å²) >= 11 is 0. The molecule has 1 amide bonds. The van der Waals surface area contributed by atoms with Crippen LogP contribution in [0.3, 0.4) is 0 Å². The third kappa shape index (κ3) is 10.2. The molecule has 286 valence electrons. The molecular formula is C40H46N4O10. The minimum atomic E-state index is -1.05. The topological polar surface area (TPSA) is 195 Å². The van der Waals surface area contributed by atoms with Gasteiger partial charge in [0.25, 0.3) is 5.91 Å². The number of benzene rings is 2. The van der Waals surface area contributed by atoms with E-state index in [0.717, 1.165) is 27.8 Å². The maximum absolute atomic E-state index is 13.5. The summed E-state index contributed by atoms with van der Waals surface area (Å²) in [4.78, 5) is 58.6. The van der Waals surface area contributed by atoms with Crippen LogP contribution in [0.2, 0.25) is 0 Å². The first-order valence-corrected chi connectivity index (χ1v) is 17.2. The monoisotopic (exact) mass is 742 g/mol. The first-order valence-electron chi connectivity index (χ1n) is 17.2. The van der Waals surface area contributed by atoms with Crippen molar-refractivity contribution in [3.8, 4) is 22.6 Å². The van der Waals surface area contributed by atoms with Crippen LogP contribution >= 0.6 is 0 Å². The average Bonchev–Trinajstić information content (AvgIpc) is 3.16. The number of aryl methyl sites for hydroxylation is 1. The van der Waals surface area contributed by atoms with E-state index in [1.54, 1.807) is 12.1 Å². The Bertz CT molecular complexity index is 1840. The van der Waals surface area contributed by atoms with Gasteiger partial charge in [0.15, 0.2) is 5.78 Å². The predicted octanol–water partition coefficient (Wildman–Crippen LogP) is 4.92. The van der Waals surface area contributed by atoms with E-state index < -0.39 is 29.8 Å². The van der Waals surface area contributed by atoms with E-state index in [9.17, 15) is 29.4 Å². The number of amides is 1. The van der Waals surface area contributed by atoms with Gasteiger partial charge in [-0.15, -0.1) is 0 Å². The number of nitrogens with one attached hydrogen (secondary N) is 2. The fourth-order valence-electron chi connectivity index (χ4n) is 6.01. The zero-order valence-electron chi connectivity index (χ0n) is 31.2. The molecule has 0 saturated carbocycles. The van der Waals surface area contributed by atoms with E-state index in [-0.39, 0.29) is 43.4 Å². The number of methoxy groups -OCH3 is 4. The molecule has 0 spiro atoms. The summed E-state index contributed by atoms with van der Waals surface area (Å²) in [5, 5.41) is 24.7. The zero-order valence-corrected chi connectivity index (χ0v) is 31.2. The molecule has 2 heterocycles. The molecule has 0 aliphatic carbocycles. The van der Waals surface area contributed by atoms with Gasteiger partial charge in [0.05, 0.1) is 33.4 Å². The van der Waals surface area contributed by atoms with Crippen LogP contribution in [0.5, 0.6) is 11.5 Å². The first kappa shape index (κ1) is 41.1. The number of pyridine rings is 2. The molecule has 0 fully saturated rings. The summed E-state index contributed by atoms with van der Waals surface area (Å²) in [6, 6.07) is 13.5. The summed E-state index contributed by atoms with van der Waals surface area (Å²) in [7, 11) is 5.83. The number of hydrogen-bond acceptors (Lipinski definition) is 11. The fraction of sp³-hybridized carbons (Fsp3) is 0.350. The predicted molar refractivity (Wildman–Crippen MR) is 200 cm³/mol. The lowest BCUT2D eigenvalue weighted by molar-refractivity contribution is -0.144. The molecule has 0 aliphatic rings. The van der Waals surface area contributed by atoms with Gasteiger partial charge in [-0.3, -0.25) is 34.5 Å². The van der Waals surface area contributed by atoms with Crippen LogP contribution < -0.4 is 20.1 Å². The molecule has 54 heavy (non-hydrogen) atoms. The number of aromatic nitrogens is 2. The molecule has 4 rings (SSSR count). The Morgan fingerprint density at radius 1 is 0.741 bits per heavy atom. The Hall–Kier alpha value is -5.70. The van der Waals surface area contributed by atoms with Crippen molar-refractivity contribution >= 4 is 29.3 Å². The van der Waals surface area contributed by atoms with Crippen molar-refractivity contribution in [2.75, 3.05) is 47.0 Å². The van der Waals surface area contributed by atoms with Gasteiger partial charge in [-0.05, 0) is 60.6 Å². The number of carbonyl (C=O) groups is 4. The van der Waals surface area contributed by atoms with E-state index in [0.29, 0.717) is 41.2 Å². The Morgan fingerprint density at radius 3 is 2.00 bits per heavy atom. The van der Waals surface area contributed by atoms with E-state index >= 15 is 0 Å². The number of carbonyl (C=O) groups excluding carboxylic acids is 2. The second kappa shape index (κ2) is 19.4. The van der Waals surface area contributed by atoms with Crippen molar-refractivity contribution in [1.82, 2.24) is 15.3 Å². The van der Waals surface area contributed by atoms with Gasteiger partial charge < -0.3 is 34.5 Å². The standard InChI is InChI=1S/C40H46N4O10/c1-23-25(15-35(45)32-16-37(54-6)28(19-41-32)20-43-34(22-52-4)40(49)50)9-7-10-29(23)30-11-8-12-31(24(30)2)44-38(46)33-17-36(53-5)26(18-42-33)13-14-27(21-51-3)39(47)48/h7-12,16-19,27,34,43H,13-15,20-22H2,1-6H3,(H,44,46)(H,47,48)(H,49,50)/t27-,34-/m0/s1. The molecule has 0 radical (unpaired) electrons. The van der Waals surface area contributed by atoms with Crippen LogP contribution in [-0.4, -0.2) is 91.5 Å². The lowest BCUT2D eigenvalue weighted by Crippen LogP contribution is -2.39. The molecule has 4 aromatic rings. The van der Waals surface area contributed by atoms with E-state index in [2.05, 4.69) is 20.6 Å². The van der Waals surface area contributed by atoms with Gasteiger partial charge in [0.1, 0.15) is 28.9 Å². The van der Waals surface area contributed by atoms with Crippen molar-refractivity contribution in [2.45, 2.75) is 45.7 Å². The second-order valence-electron chi connectivity index (χ2n) is 12.6. The second-order valence-corrected chi connectivity index (χ2v) is 12.6. The van der Waals surface area contributed by atoms with Crippen molar-refractivity contribution in [1.29, 1.82) is 0 Å². The minimum absolute atomic E-state index is 0.0171. The van der Waals surface area contributed by atoms with Crippen molar-refractivity contribution < 1.29 is 48.3 Å². The van der Waals surface area contributed by atoms with E-state index in [1.165, 1.54) is 46.9 Å². The highest BCUT2D eigenvalue weighted by molar-refractivity contribution is 6.04. The number of ether oxygens (including phenoxy) is 4. The smallest absolute Gasteiger partial charge is 0.323 e. The van der Waals surface area contributed by atoms with Crippen LogP contribution in [0.15, 0.2) is 60.9 Å². The molecular weight excluding hydrogens is 696 g/mol. The molecule has 2 aromatic carbocycles. The minimum Gasteiger partial charge on any atom is -0.496 e. The fourth-order valence-corrected chi connectivity index (χ4v) is 6.01. The largest absolute Gasteiger partial charge is 0.496 e. The first-order chi connectivity index (χ1) is 25.9. The average molecular weight is 743 g/mol. The third-order valence-electron chi connectivity index (χ3n) is 9.16. The van der Waals surface area contributed by atoms with Crippen LogP contribution in [-0.2, 0) is 38.4 Å². The molecule has 0 saturated heterocycles. The number of rotatable bonds is 20. The van der Waals surface area contributed by atoms with Crippen LogP contribution in [0.4, 0.5) is 5.69 Å². The Kier molecular flexibility index (Phi) is 14.7. The van der Waals surface area contributed by atoms with Gasteiger partial charge in [-0.25, -0.2) is 0 Å². The number of carboxylic acid groups (broad SMARTS) is 2. The molecule has 14 nitrogen and oxygen atoms in total. The number of nitrogens with zero attached hydrogens (tertiary/aromatic N) is 2. The quantitative estimate of drug-likeness (QED) is 0.0892. The number of Topliss-reactive ketones (excluding diaryl/α,β-unsaturated/α-hetero) is 1. The Labute approximate surface area is 313 Å². The highest BCUT2D eigenvalue weighted by Crippen LogP contribution is 2.33. The number of anilines is 1. The highest BCUT2D eigenvalue weighted by atomic mass is 16.5. The summed E-state index contributed by atoms with van der Waals surface area (Å²) in [5.74, 6) is -2.52. The van der Waals surface area contributed by atoms with Crippen molar-refractivity contribution in [2.24, 2.45) is 5.92 Å².